The third kappa shape index (κ3) is 3.41. The molecular formula is C16H19FN2O. The van der Waals surface area contributed by atoms with E-state index in [0.717, 1.165) is 5.56 Å². The third-order valence-electron chi connectivity index (χ3n) is 2.79. The van der Waals surface area contributed by atoms with Crippen LogP contribution in [0.4, 0.5) is 21.5 Å². The molecular weight excluding hydrogens is 255 g/mol. The van der Waals surface area contributed by atoms with E-state index in [9.17, 15) is 4.39 Å². The van der Waals surface area contributed by atoms with Gasteiger partial charge in [0.05, 0.1) is 11.8 Å². The highest BCUT2D eigenvalue weighted by molar-refractivity contribution is 5.68. The van der Waals surface area contributed by atoms with Gasteiger partial charge in [0.1, 0.15) is 11.6 Å². The zero-order valence-corrected chi connectivity index (χ0v) is 11.9. The van der Waals surface area contributed by atoms with Gasteiger partial charge in [-0.2, -0.15) is 0 Å². The number of ether oxygens (including phenoxy) is 1. The van der Waals surface area contributed by atoms with Crippen molar-refractivity contribution in [3.05, 3.63) is 47.8 Å². The minimum absolute atomic E-state index is 0.0554. The van der Waals surface area contributed by atoms with E-state index < -0.39 is 0 Å². The molecule has 0 saturated heterocycles. The van der Waals surface area contributed by atoms with E-state index in [2.05, 4.69) is 5.32 Å². The molecule has 20 heavy (non-hydrogen) atoms. The fourth-order valence-corrected chi connectivity index (χ4v) is 1.97. The molecule has 4 heteroatoms. The highest BCUT2D eigenvalue weighted by Crippen LogP contribution is 2.28. The Labute approximate surface area is 118 Å². The second-order valence-corrected chi connectivity index (χ2v) is 5.01. The number of benzene rings is 2. The number of halogens is 1. The molecule has 0 heterocycles. The molecule has 0 spiro atoms. The Morgan fingerprint density at radius 2 is 1.95 bits per heavy atom. The SMILES string of the molecule is Cc1cccc(F)c1Nc1cc(N)cc(OC(C)C)c1. The third-order valence-corrected chi connectivity index (χ3v) is 2.79. The Bertz CT molecular complexity index is 591. The van der Waals surface area contributed by atoms with Crippen molar-refractivity contribution >= 4 is 17.1 Å². The fourth-order valence-electron chi connectivity index (χ4n) is 1.97. The normalized spacial score (nSPS) is 10.7. The van der Waals surface area contributed by atoms with Gasteiger partial charge in [-0.1, -0.05) is 12.1 Å². The molecule has 2 aromatic rings. The first-order valence-electron chi connectivity index (χ1n) is 6.55. The quantitative estimate of drug-likeness (QED) is 0.819. The Kier molecular flexibility index (Phi) is 4.13. The van der Waals surface area contributed by atoms with Gasteiger partial charge < -0.3 is 15.8 Å². The first-order chi connectivity index (χ1) is 9.45. The van der Waals surface area contributed by atoms with Crippen LogP contribution < -0.4 is 15.8 Å². The van der Waals surface area contributed by atoms with Crippen molar-refractivity contribution in [2.24, 2.45) is 0 Å². The first-order valence-corrected chi connectivity index (χ1v) is 6.55. The molecule has 106 valence electrons. The van der Waals surface area contributed by atoms with E-state index in [-0.39, 0.29) is 11.9 Å². The van der Waals surface area contributed by atoms with Gasteiger partial charge in [0.25, 0.3) is 0 Å². The van der Waals surface area contributed by atoms with Crippen LogP contribution in [0.3, 0.4) is 0 Å². The van der Waals surface area contributed by atoms with Gasteiger partial charge in [-0.15, -0.1) is 0 Å². The second-order valence-electron chi connectivity index (χ2n) is 5.01. The molecule has 0 fully saturated rings. The van der Waals surface area contributed by atoms with Crippen LogP contribution in [0, 0.1) is 12.7 Å². The standard InChI is InChI=1S/C16H19FN2O/c1-10(2)20-14-8-12(18)7-13(9-14)19-16-11(3)5-4-6-15(16)17/h4-10,19H,18H2,1-3H3. The predicted molar refractivity (Wildman–Crippen MR) is 81.0 cm³/mol. The summed E-state index contributed by atoms with van der Waals surface area (Å²) in [7, 11) is 0. The van der Waals surface area contributed by atoms with Gasteiger partial charge in [0, 0.05) is 23.5 Å². The number of nitrogens with one attached hydrogen (secondary N) is 1. The van der Waals surface area contributed by atoms with E-state index in [4.69, 9.17) is 10.5 Å². The van der Waals surface area contributed by atoms with Crippen LogP contribution in [0.5, 0.6) is 5.75 Å². The summed E-state index contributed by atoms with van der Waals surface area (Å²) < 4.78 is 19.4. The molecule has 2 aromatic carbocycles. The fraction of sp³-hybridized carbons (Fsp3) is 0.250. The maximum Gasteiger partial charge on any atom is 0.146 e. The van der Waals surface area contributed by atoms with Gasteiger partial charge in [0.2, 0.25) is 0 Å². The highest BCUT2D eigenvalue weighted by atomic mass is 19.1. The number of hydrogen-bond acceptors (Lipinski definition) is 3. The summed E-state index contributed by atoms with van der Waals surface area (Å²) in [4.78, 5) is 0. The maximum absolute atomic E-state index is 13.8. The molecule has 0 aromatic heterocycles. The summed E-state index contributed by atoms with van der Waals surface area (Å²) in [6, 6.07) is 10.3. The lowest BCUT2D eigenvalue weighted by atomic mass is 10.1. The number of hydrogen-bond donors (Lipinski definition) is 2. The number of aryl methyl sites for hydroxylation is 1. The highest BCUT2D eigenvalue weighted by Gasteiger charge is 2.07. The van der Waals surface area contributed by atoms with Crippen LogP contribution in [0.2, 0.25) is 0 Å². The number of para-hydroxylation sites is 1. The van der Waals surface area contributed by atoms with Crippen LogP contribution >= 0.6 is 0 Å². The molecule has 0 saturated carbocycles. The van der Waals surface area contributed by atoms with Crippen LogP contribution in [0.15, 0.2) is 36.4 Å². The molecule has 0 aliphatic heterocycles. The summed E-state index contributed by atoms with van der Waals surface area (Å²) in [5.41, 5.74) is 8.41. The van der Waals surface area contributed by atoms with Crippen molar-refractivity contribution in [1.82, 2.24) is 0 Å². The number of nitrogen functional groups attached to an aromatic ring is 1. The summed E-state index contributed by atoms with van der Waals surface area (Å²) >= 11 is 0. The monoisotopic (exact) mass is 274 g/mol. The Morgan fingerprint density at radius 3 is 2.60 bits per heavy atom. The van der Waals surface area contributed by atoms with Crippen molar-refractivity contribution in [2.45, 2.75) is 26.9 Å². The van der Waals surface area contributed by atoms with E-state index in [1.165, 1.54) is 6.07 Å². The average Bonchev–Trinajstić information content (AvgIpc) is 2.32. The second kappa shape index (κ2) is 5.82. The Hall–Kier alpha value is -2.23. The van der Waals surface area contributed by atoms with Gasteiger partial charge >= 0.3 is 0 Å². The lowest BCUT2D eigenvalue weighted by Gasteiger charge is -2.14. The number of rotatable bonds is 4. The van der Waals surface area contributed by atoms with E-state index >= 15 is 0 Å². The van der Waals surface area contributed by atoms with Gasteiger partial charge in [0.15, 0.2) is 0 Å². The zero-order chi connectivity index (χ0) is 14.7. The molecule has 3 N–H and O–H groups in total. The molecule has 0 amide bonds. The smallest absolute Gasteiger partial charge is 0.146 e. The van der Waals surface area contributed by atoms with E-state index in [1.54, 1.807) is 18.2 Å². The molecule has 0 radical (unpaired) electrons. The molecule has 0 aliphatic rings. The first kappa shape index (κ1) is 14.2. The lowest BCUT2D eigenvalue weighted by molar-refractivity contribution is 0.242. The van der Waals surface area contributed by atoms with Crippen molar-refractivity contribution < 1.29 is 9.13 Å². The minimum atomic E-state index is -0.293. The maximum atomic E-state index is 13.8. The molecule has 0 atom stereocenters. The van der Waals surface area contributed by atoms with Gasteiger partial charge in [-0.25, -0.2) is 4.39 Å². The predicted octanol–water partition coefficient (Wildman–Crippen LogP) is 4.25. The topological polar surface area (TPSA) is 47.3 Å². The van der Waals surface area contributed by atoms with Crippen molar-refractivity contribution in [2.75, 3.05) is 11.1 Å². The van der Waals surface area contributed by atoms with Crippen LogP contribution in [-0.2, 0) is 0 Å². The largest absolute Gasteiger partial charge is 0.491 e. The van der Waals surface area contributed by atoms with Crippen LogP contribution in [0.1, 0.15) is 19.4 Å². The molecule has 0 unspecified atom stereocenters. The Morgan fingerprint density at radius 1 is 1.20 bits per heavy atom. The summed E-state index contributed by atoms with van der Waals surface area (Å²) in [6.07, 6.45) is 0.0554. The molecule has 0 bridgehead atoms. The lowest BCUT2D eigenvalue weighted by Crippen LogP contribution is -2.06. The molecule has 0 aliphatic carbocycles. The van der Waals surface area contributed by atoms with Crippen molar-refractivity contribution in [3.63, 3.8) is 0 Å². The zero-order valence-electron chi connectivity index (χ0n) is 11.9. The summed E-state index contributed by atoms with van der Waals surface area (Å²) in [5.74, 6) is 0.371. The number of nitrogens with two attached hydrogens (primary N) is 1. The average molecular weight is 274 g/mol. The summed E-state index contributed by atoms with van der Waals surface area (Å²) in [5, 5.41) is 3.06. The minimum Gasteiger partial charge on any atom is -0.491 e. The summed E-state index contributed by atoms with van der Waals surface area (Å²) in [6.45, 7) is 5.73. The van der Waals surface area contributed by atoms with E-state index in [0.29, 0.717) is 22.8 Å². The van der Waals surface area contributed by atoms with Gasteiger partial charge in [-0.05, 0) is 38.5 Å². The Balaban J connectivity index is 2.31. The van der Waals surface area contributed by atoms with Crippen molar-refractivity contribution in [1.29, 1.82) is 0 Å². The molecule has 2 rings (SSSR count). The van der Waals surface area contributed by atoms with Crippen molar-refractivity contribution in [3.8, 4) is 5.75 Å². The number of anilines is 3. The van der Waals surface area contributed by atoms with Crippen LogP contribution in [0.25, 0.3) is 0 Å². The molecule has 3 nitrogen and oxygen atoms in total. The van der Waals surface area contributed by atoms with Crippen LogP contribution in [-0.4, -0.2) is 6.10 Å². The van der Waals surface area contributed by atoms with Gasteiger partial charge in [-0.3, -0.25) is 0 Å². The van der Waals surface area contributed by atoms with E-state index in [1.807, 2.05) is 32.9 Å².